The molecule has 1 aliphatic heterocycles. The first kappa shape index (κ1) is 21.1. The molecule has 0 aromatic heterocycles. The molecule has 0 aromatic rings. The van der Waals surface area contributed by atoms with E-state index in [0.717, 1.165) is 0 Å². The fraction of sp³-hybridized carbons (Fsp3) is 0.824. The predicted molar refractivity (Wildman–Crippen MR) is 98.6 cm³/mol. The van der Waals surface area contributed by atoms with Crippen LogP contribution >= 0.6 is 0 Å². The summed E-state index contributed by atoms with van der Waals surface area (Å²) in [5.74, 6) is 0.615. The molecule has 0 atom stereocenters. The Bertz CT molecular complexity index is 505. The van der Waals surface area contributed by atoms with E-state index in [4.69, 9.17) is 4.74 Å². The van der Waals surface area contributed by atoms with Crippen LogP contribution in [-0.2, 0) is 9.53 Å². The Balaban J connectivity index is 2.40. The van der Waals surface area contributed by atoms with Gasteiger partial charge in [0.1, 0.15) is 5.60 Å². The van der Waals surface area contributed by atoms with Gasteiger partial charge < -0.3 is 25.6 Å². The molecular formula is C17H33N5O3. The molecule has 8 nitrogen and oxygen atoms in total. The Morgan fingerprint density at radius 1 is 1.16 bits per heavy atom. The van der Waals surface area contributed by atoms with E-state index >= 15 is 0 Å². The Kier molecular flexibility index (Phi) is 7.07. The van der Waals surface area contributed by atoms with E-state index in [1.807, 2.05) is 41.5 Å². The predicted octanol–water partition coefficient (Wildman–Crippen LogP) is 0.933. The van der Waals surface area contributed by atoms with Crippen molar-refractivity contribution in [2.45, 2.75) is 53.2 Å². The number of hydrogen-bond donors (Lipinski definition) is 3. The number of carbonyl (C=O) groups excluding carboxylic acids is 2. The third-order valence-electron chi connectivity index (χ3n) is 3.75. The lowest BCUT2D eigenvalue weighted by atomic mass is 9.92. The average molecular weight is 355 g/mol. The van der Waals surface area contributed by atoms with E-state index in [9.17, 15) is 9.59 Å². The smallest absolute Gasteiger partial charge is 0.410 e. The molecule has 0 unspecified atom stereocenters. The van der Waals surface area contributed by atoms with Gasteiger partial charge >= 0.3 is 6.09 Å². The Labute approximate surface area is 150 Å². The molecule has 1 saturated heterocycles. The van der Waals surface area contributed by atoms with Gasteiger partial charge in [-0.3, -0.25) is 9.79 Å². The summed E-state index contributed by atoms with van der Waals surface area (Å²) in [5.41, 5.74) is -1.03. The van der Waals surface area contributed by atoms with Crippen molar-refractivity contribution < 1.29 is 14.3 Å². The summed E-state index contributed by atoms with van der Waals surface area (Å²) in [6.07, 6.45) is -0.300. The van der Waals surface area contributed by atoms with Gasteiger partial charge in [0.15, 0.2) is 5.96 Å². The quantitative estimate of drug-likeness (QED) is 0.504. The minimum atomic E-state index is -0.546. The van der Waals surface area contributed by atoms with Crippen molar-refractivity contribution in [1.82, 2.24) is 20.9 Å². The number of ether oxygens (including phenoxy) is 1. The van der Waals surface area contributed by atoms with Gasteiger partial charge in [0, 0.05) is 33.2 Å². The highest BCUT2D eigenvalue weighted by Crippen LogP contribution is 2.16. The molecule has 1 heterocycles. The van der Waals surface area contributed by atoms with Crippen LogP contribution in [0.5, 0.6) is 0 Å². The third-order valence-corrected chi connectivity index (χ3v) is 3.75. The summed E-state index contributed by atoms with van der Waals surface area (Å²) < 4.78 is 5.33. The molecule has 0 aromatic carbocycles. The first-order chi connectivity index (χ1) is 11.5. The number of nitrogens with one attached hydrogen (secondary N) is 3. The van der Waals surface area contributed by atoms with Crippen molar-refractivity contribution in [3.63, 3.8) is 0 Å². The van der Waals surface area contributed by atoms with Crippen LogP contribution in [0.3, 0.4) is 0 Å². The van der Waals surface area contributed by atoms with E-state index in [1.165, 1.54) is 0 Å². The van der Waals surface area contributed by atoms with Gasteiger partial charge in [-0.25, -0.2) is 4.79 Å². The second kappa shape index (κ2) is 8.40. The number of nitrogens with zero attached hydrogens (tertiary/aromatic N) is 2. The highest BCUT2D eigenvalue weighted by atomic mass is 16.6. The lowest BCUT2D eigenvalue weighted by Gasteiger charge is -2.40. The van der Waals surface area contributed by atoms with Gasteiger partial charge in [0.25, 0.3) is 0 Å². The van der Waals surface area contributed by atoms with Crippen molar-refractivity contribution in [1.29, 1.82) is 0 Å². The van der Waals surface area contributed by atoms with Crippen LogP contribution in [0.25, 0.3) is 0 Å². The van der Waals surface area contributed by atoms with E-state index in [0.29, 0.717) is 32.1 Å². The zero-order chi connectivity index (χ0) is 19.3. The number of carbonyl (C=O) groups is 2. The molecule has 144 valence electrons. The van der Waals surface area contributed by atoms with Crippen molar-refractivity contribution in [2.75, 3.05) is 33.2 Å². The number of rotatable bonds is 5. The molecule has 25 heavy (non-hydrogen) atoms. The molecule has 1 rings (SSSR count). The number of hydrogen-bond acceptors (Lipinski definition) is 4. The molecule has 8 heteroatoms. The molecule has 3 N–H and O–H groups in total. The van der Waals surface area contributed by atoms with Crippen LogP contribution in [0, 0.1) is 5.41 Å². The fourth-order valence-corrected chi connectivity index (χ4v) is 2.22. The van der Waals surface area contributed by atoms with Crippen LogP contribution in [0.2, 0.25) is 0 Å². The Hall–Kier alpha value is -1.99. The topological polar surface area (TPSA) is 95.1 Å². The van der Waals surface area contributed by atoms with Gasteiger partial charge in [-0.15, -0.1) is 0 Å². The van der Waals surface area contributed by atoms with Crippen LogP contribution in [0.4, 0.5) is 4.79 Å². The maximum absolute atomic E-state index is 12.0. The van der Waals surface area contributed by atoms with E-state index < -0.39 is 11.0 Å². The summed E-state index contributed by atoms with van der Waals surface area (Å²) in [4.78, 5) is 29.8. The minimum absolute atomic E-state index is 0.00213. The Morgan fingerprint density at radius 3 is 2.24 bits per heavy atom. The van der Waals surface area contributed by atoms with Crippen molar-refractivity contribution in [3.8, 4) is 0 Å². The van der Waals surface area contributed by atoms with Gasteiger partial charge in [-0.1, -0.05) is 0 Å². The SMILES string of the molecule is CCNC(=O)C(C)(C)CNC(=NC)NC1CN(C(=O)OC(C)(C)C)C1. The van der Waals surface area contributed by atoms with E-state index in [-0.39, 0.29) is 18.0 Å². The molecule has 0 spiro atoms. The molecule has 0 radical (unpaired) electrons. The Morgan fingerprint density at radius 2 is 1.76 bits per heavy atom. The lowest BCUT2D eigenvalue weighted by Crippen LogP contribution is -2.63. The second-order valence-corrected chi connectivity index (χ2v) is 7.90. The van der Waals surface area contributed by atoms with Gasteiger partial charge in [-0.2, -0.15) is 0 Å². The molecule has 2 amide bonds. The standard InChI is InChI=1S/C17H33N5O3/c1-8-19-13(23)17(5,6)11-20-14(18-7)21-12-9-22(10-12)15(24)25-16(2,3)4/h12H,8-11H2,1-7H3,(H,19,23)(H2,18,20,21). The molecule has 1 fully saturated rings. The van der Waals surface area contributed by atoms with Crippen LogP contribution < -0.4 is 16.0 Å². The number of guanidine groups is 1. The largest absolute Gasteiger partial charge is 0.444 e. The first-order valence-electron chi connectivity index (χ1n) is 8.72. The first-order valence-corrected chi connectivity index (χ1v) is 8.72. The molecule has 0 saturated carbocycles. The average Bonchev–Trinajstić information content (AvgIpc) is 2.43. The summed E-state index contributed by atoms with van der Waals surface area (Å²) in [6, 6.07) is 0.117. The maximum atomic E-state index is 12.0. The third kappa shape index (κ3) is 6.80. The van der Waals surface area contributed by atoms with E-state index in [1.54, 1.807) is 11.9 Å². The molecule has 0 bridgehead atoms. The highest BCUT2D eigenvalue weighted by molar-refractivity contribution is 5.84. The lowest BCUT2D eigenvalue weighted by molar-refractivity contribution is -0.128. The van der Waals surface area contributed by atoms with Gasteiger partial charge in [0.05, 0.1) is 11.5 Å². The van der Waals surface area contributed by atoms with Crippen molar-refractivity contribution in [2.24, 2.45) is 10.4 Å². The van der Waals surface area contributed by atoms with Gasteiger partial charge in [-0.05, 0) is 41.5 Å². The summed E-state index contributed by atoms with van der Waals surface area (Å²) in [6.45, 7) is 13.4. The van der Waals surface area contributed by atoms with E-state index in [2.05, 4.69) is 20.9 Å². The van der Waals surface area contributed by atoms with Gasteiger partial charge in [0.2, 0.25) is 5.91 Å². The zero-order valence-corrected chi connectivity index (χ0v) is 16.5. The summed E-state index contributed by atoms with van der Waals surface area (Å²) in [7, 11) is 1.68. The number of aliphatic imine (C=N–C) groups is 1. The second-order valence-electron chi connectivity index (χ2n) is 7.90. The molecule has 1 aliphatic rings. The normalized spacial score (nSPS) is 16.1. The number of amides is 2. The van der Waals surface area contributed by atoms with Crippen molar-refractivity contribution >= 4 is 18.0 Å². The zero-order valence-electron chi connectivity index (χ0n) is 16.5. The molecular weight excluding hydrogens is 322 g/mol. The number of likely N-dealkylation sites (tertiary alicyclic amines) is 1. The van der Waals surface area contributed by atoms with Crippen molar-refractivity contribution in [3.05, 3.63) is 0 Å². The summed E-state index contributed by atoms with van der Waals surface area (Å²) >= 11 is 0. The summed E-state index contributed by atoms with van der Waals surface area (Å²) in [5, 5.41) is 9.26. The highest BCUT2D eigenvalue weighted by Gasteiger charge is 2.34. The molecule has 0 aliphatic carbocycles. The fourth-order valence-electron chi connectivity index (χ4n) is 2.22. The minimum Gasteiger partial charge on any atom is -0.444 e. The monoisotopic (exact) mass is 355 g/mol. The van der Waals surface area contributed by atoms with Crippen LogP contribution in [0.1, 0.15) is 41.5 Å². The van der Waals surface area contributed by atoms with Crippen LogP contribution in [0.15, 0.2) is 4.99 Å². The maximum Gasteiger partial charge on any atom is 0.410 e. The van der Waals surface area contributed by atoms with Crippen LogP contribution in [-0.4, -0.2) is 67.7 Å².